The number of hydrogen-bond acceptors (Lipinski definition) is 1. The Morgan fingerprint density at radius 2 is 1.91 bits per heavy atom. The number of nitrogens with one attached hydrogen (secondary N) is 2. The Kier molecular flexibility index (Phi) is 4.25. The van der Waals surface area contributed by atoms with Crippen molar-refractivity contribution in [1.29, 1.82) is 0 Å². The van der Waals surface area contributed by atoms with E-state index in [4.69, 9.17) is 0 Å². The Bertz CT molecular complexity index is 694. The van der Waals surface area contributed by atoms with Gasteiger partial charge in [0, 0.05) is 17.7 Å². The highest BCUT2D eigenvalue weighted by molar-refractivity contribution is 5.92. The van der Waals surface area contributed by atoms with E-state index in [1.807, 2.05) is 19.9 Å². The molecule has 1 aliphatic rings. The maximum Gasteiger partial charge on any atom is 0.279 e. The van der Waals surface area contributed by atoms with Crippen LogP contribution in [0.1, 0.15) is 22.3 Å². The van der Waals surface area contributed by atoms with Crippen molar-refractivity contribution in [2.24, 2.45) is 0 Å². The maximum absolute atomic E-state index is 12.3. The van der Waals surface area contributed by atoms with E-state index in [0.29, 0.717) is 6.54 Å². The average molecular weight is 295 g/mol. The minimum absolute atomic E-state index is 0.100. The molecule has 2 aromatic carbocycles. The smallest absolute Gasteiger partial charge is 0.279 e. The first kappa shape index (κ1) is 14.8. The van der Waals surface area contributed by atoms with Crippen molar-refractivity contribution in [3.05, 3.63) is 64.7 Å². The van der Waals surface area contributed by atoms with E-state index < -0.39 is 0 Å². The second-order valence-corrected chi connectivity index (χ2v) is 6.24. The Balaban J connectivity index is 1.62. The van der Waals surface area contributed by atoms with Gasteiger partial charge in [0.2, 0.25) is 0 Å². The summed E-state index contributed by atoms with van der Waals surface area (Å²) >= 11 is 0. The second kappa shape index (κ2) is 6.32. The van der Waals surface area contributed by atoms with Crippen molar-refractivity contribution in [3.63, 3.8) is 0 Å². The lowest BCUT2D eigenvalue weighted by atomic mass is 10.00. The van der Waals surface area contributed by atoms with Gasteiger partial charge in [0.25, 0.3) is 5.91 Å². The van der Waals surface area contributed by atoms with E-state index in [2.05, 4.69) is 41.7 Å². The van der Waals surface area contributed by atoms with Crippen LogP contribution in [-0.2, 0) is 17.8 Å². The summed E-state index contributed by atoms with van der Waals surface area (Å²) in [6.07, 6.45) is 1.06. The molecule has 1 heterocycles. The summed E-state index contributed by atoms with van der Waals surface area (Å²) in [7, 11) is 0. The van der Waals surface area contributed by atoms with Gasteiger partial charge in [-0.1, -0.05) is 36.4 Å². The van der Waals surface area contributed by atoms with E-state index in [-0.39, 0.29) is 5.91 Å². The van der Waals surface area contributed by atoms with E-state index in [1.54, 1.807) is 0 Å². The lowest BCUT2D eigenvalue weighted by Gasteiger charge is -2.25. The van der Waals surface area contributed by atoms with Crippen molar-refractivity contribution >= 4 is 11.6 Å². The van der Waals surface area contributed by atoms with Gasteiger partial charge in [0.05, 0.1) is 6.54 Å². The van der Waals surface area contributed by atoms with Crippen LogP contribution in [0.25, 0.3) is 0 Å². The summed E-state index contributed by atoms with van der Waals surface area (Å²) in [6.45, 7) is 6.57. The Labute approximate surface area is 132 Å². The molecule has 0 radical (unpaired) electrons. The molecule has 3 rings (SSSR count). The molecule has 1 unspecified atom stereocenters. The topological polar surface area (TPSA) is 33.5 Å². The molecule has 114 valence electrons. The molecule has 0 spiro atoms. The number of anilines is 1. The Hall–Kier alpha value is -2.13. The number of carbonyl (C=O) groups is 1. The van der Waals surface area contributed by atoms with E-state index in [9.17, 15) is 4.79 Å². The van der Waals surface area contributed by atoms with Crippen LogP contribution in [0.4, 0.5) is 5.69 Å². The molecule has 1 atom stereocenters. The first-order chi connectivity index (χ1) is 10.6. The molecule has 22 heavy (non-hydrogen) atoms. The molecule has 0 saturated heterocycles. The highest BCUT2D eigenvalue weighted by Crippen LogP contribution is 2.16. The molecule has 1 aliphatic heterocycles. The van der Waals surface area contributed by atoms with Crippen molar-refractivity contribution < 1.29 is 9.69 Å². The van der Waals surface area contributed by atoms with Gasteiger partial charge in [-0.2, -0.15) is 0 Å². The van der Waals surface area contributed by atoms with Crippen molar-refractivity contribution in [3.8, 4) is 0 Å². The predicted molar refractivity (Wildman–Crippen MR) is 89.1 cm³/mol. The zero-order valence-corrected chi connectivity index (χ0v) is 13.3. The first-order valence-corrected chi connectivity index (χ1v) is 7.89. The molecule has 3 nitrogen and oxygen atoms in total. The fourth-order valence-electron chi connectivity index (χ4n) is 3.09. The van der Waals surface area contributed by atoms with Crippen LogP contribution in [0.3, 0.4) is 0 Å². The SMILES string of the molecule is Cc1ccc(C)c(NC(=O)C[NH+]2CCc3ccccc3C2)c1. The van der Waals surface area contributed by atoms with Gasteiger partial charge < -0.3 is 10.2 Å². The molecule has 1 amide bonds. The lowest BCUT2D eigenvalue weighted by molar-refractivity contribution is -0.907. The van der Waals surface area contributed by atoms with Gasteiger partial charge >= 0.3 is 0 Å². The summed E-state index contributed by atoms with van der Waals surface area (Å²) in [5, 5.41) is 3.06. The molecule has 2 aromatic rings. The highest BCUT2D eigenvalue weighted by atomic mass is 16.2. The molecule has 0 aliphatic carbocycles. The third-order valence-corrected chi connectivity index (χ3v) is 4.38. The van der Waals surface area contributed by atoms with Gasteiger partial charge in [-0.3, -0.25) is 4.79 Å². The summed E-state index contributed by atoms with van der Waals surface area (Å²) in [4.78, 5) is 13.7. The fourth-order valence-corrected chi connectivity index (χ4v) is 3.09. The molecule has 2 N–H and O–H groups in total. The second-order valence-electron chi connectivity index (χ2n) is 6.24. The number of carbonyl (C=O) groups excluding carboxylic acids is 1. The zero-order valence-electron chi connectivity index (χ0n) is 13.3. The lowest BCUT2D eigenvalue weighted by Crippen LogP contribution is -3.12. The normalized spacial score (nSPS) is 16.9. The summed E-state index contributed by atoms with van der Waals surface area (Å²) in [5.41, 5.74) is 6.02. The van der Waals surface area contributed by atoms with Gasteiger partial charge in [0.1, 0.15) is 6.54 Å². The Morgan fingerprint density at radius 3 is 2.73 bits per heavy atom. The quantitative estimate of drug-likeness (QED) is 0.891. The van der Waals surface area contributed by atoms with E-state index >= 15 is 0 Å². The maximum atomic E-state index is 12.3. The molecule has 0 aromatic heterocycles. The van der Waals surface area contributed by atoms with Crippen LogP contribution in [-0.4, -0.2) is 19.0 Å². The monoisotopic (exact) mass is 295 g/mol. The van der Waals surface area contributed by atoms with Gasteiger partial charge in [0.15, 0.2) is 6.54 Å². The predicted octanol–water partition coefficient (Wildman–Crippen LogP) is 1.88. The van der Waals surface area contributed by atoms with Gasteiger partial charge in [-0.25, -0.2) is 0 Å². The average Bonchev–Trinajstić information content (AvgIpc) is 2.51. The van der Waals surface area contributed by atoms with Crippen molar-refractivity contribution in [1.82, 2.24) is 0 Å². The summed E-state index contributed by atoms with van der Waals surface area (Å²) in [6, 6.07) is 14.7. The summed E-state index contributed by atoms with van der Waals surface area (Å²) < 4.78 is 0. The molecular formula is C19H23N2O+. The van der Waals surface area contributed by atoms with Crippen LogP contribution < -0.4 is 10.2 Å². The number of rotatable bonds is 3. The van der Waals surface area contributed by atoms with Crippen LogP contribution >= 0.6 is 0 Å². The number of hydrogen-bond donors (Lipinski definition) is 2. The largest absolute Gasteiger partial charge is 0.323 e. The zero-order chi connectivity index (χ0) is 15.5. The number of aryl methyl sites for hydroxylation is 2. The standard InChI is InChI=1S/C19H22N2O/c1-14-7-8-15(2)18(11-14)20-19(22)13-21-10-9-16-5-3-4-6-17(16)12-21/h3-8,11H,9-10,12-13H2,1-2H3,(H,20,22)/p+1. The van der Waals surface area contributed by atoms with E-state index in [1.165, 1.54) is 21.6 Å². The molecule has 0 bridgehead atoms. The first-order valence-electron chi connectivity index (χ1n) is 7.89. The third kappa shape index (κ3) is 3.37. The molecule has 0 saturated carbocycles. The highest BCUT2D eigenvalue weighted by Gasteiger charge is 2.21. The van der Waals surface area contributed by atoms with Crippen LogP contribution in [0.15, 0.2) is 42.5 Å². The van der Waals surface area contributed by atoms with Gasteiger partial charge in [-0.05, 0) is 36.6 Å². The molecule has 3 heteroatoms. The number of amides is 1. The molecule has 0 fully saturated rings. The fraction of sp³-hybridized carbons (Fsp3) is 0.316. The minimum Gasteiger partial charge on any atom is -0.323 e. The van der Waals surface area contributed by atoms with E-state index in [0.717, 1.165) is 30.8 Å². The van der Waals surface area contributed by atoms with Crippen LogP contribution in [0.5, 0.6) is 0 Å². The number of quaternary nitrogens is 1. The van der Waals surface area contributed by atoms with Crippen LogP contribution in [0, 0.1) is 13.8 Å². The van der Waals surface area contributed by atoms with Crippen molar-refractivity contribution in [2.45, 2.75) is 26.8 Å². The van der Waals surface area contributed by atoms with Crippen molar-refractivity contribution in [2.75, 3.05) is 18.4 Å². The minimum atomic E-state index is 0.100. The Morgan fingerprint density at radius 1 is 1.14 bits per heavy atom. The number of fused-ring (bicyclic) bond motifs is 1. The molecular weight excluding hydrogens is 272 g/mol. The van der Waals surface area contributed by atoms with Gasteiger partial charge in [-0.15, -0.1) is 0 Å². The van der Waals surface area contributed by atoms with Crippen LogP contribution in [0.2, 0.25) is 0 Å². The third-order valence-electron chi connectivity index (χ3n) is 4.38. The number of benzene rings is 2. The summed E-state index contributed by atoms with van der Waals surface area (Å²) in [5.74, 6) is 0.100.